The minimum atomic E-state index is -0.158. The highest BCUT2D eigenvalue weighted by molar-refractivity contribution is 6.04. The van der Waals surface area contributed by atoms with E-state index < -0.39 is 0 Å². The Kier molecular flexibility index (Phi) is 3.80. The number of nitrogens with zero attached hydrogens (tertiary/aromatic N) is 1. The second-order valence-corrected chi connectivity index (χ2v) is 4.99. The molecule has 1 aromatic carbocycles. The van der Waals surface area contributed by atoms with E-state index in [1.165, 1.54) is 10.5 Å². The Morgan fingerprint density at radius 3 is 2.11 bits per heavy atom. The van der Waals surface area contributed by atoms with Gasteiger partial charge >= 0.3 is 0 Å². The average Bonchev–Trinajstić information content (AvgIpc) is 2.57. The van der Waals surface area contributed by atoms with Gasteiger partial charge in [-0.25, -0.2) is 0 Å². The van der Waals surface area contributed by atoms with Crippen LogP contribution in [0, 0.1) is 11.8 Å². The van der Waals surface area contributed by atoms with Gasteiger partial charge in [-0.05, 0) is 18.4 Å². The van der Waals surface area contributed by atoms with Crippen molar-refractivity contribution < 1.29 is 9.59 Å². The highest BCUT2D eigenvalue weighted by Gasteiger charge is 2.41. The molecule has 0 aromatic heterocycles. The summed E-state index contributed by atoms with van der Waals surface area (Å²) in [6.45, 7) is 4.21. The van der Waals surface area contributed by atoms with Crippen LogP contribution in [0.3, 0.4) is 0 Å². The maximum atomic E-state index is 11.9. The van der Waals surface area contributed by atoms with Crippen molar-refractivity contribution in [3.05, 3.63) is 35.9 Å². The molecule has 0 saturated carbocycles. The monoisotopic (exact) mass is 245 g/mol. The Bertz CT molecular complexity index is 421. The Hall–Kier alpha value is -1.64. The second kappa shape index (κ2) is 5.34. The van der Waals surface area contributed by atoms with Crippen LogP contribution in [0.4, 0.5) is 0 Å². The summed E-state index contributed by atoms with van der Waals surface area (Å²) in [6.07, 6.45) is 1.74. The fraction of sp³-hybridized carbons (Fsp3) is 0.467. The number of hydrogen-bond donors (Lipinski definition) is 0. The number of rotatable bonds is 4. The molecule has 0 bridgehead atoms. The van der Waals surface area contributed by atoms with Crippen LogP contribution in [0.1, 0.15) is 25.8 Å². The van der Waals surface area contributed by atoms with E-state index in [0.717, 1.165) is 12.8 Å². The van der Waals surface area contributed by atoms with Crippen molar-refractivity contribution in [2.24, 2.45) is 11.8 Å². The molecule has 3 heteroatoms. The summed E-state index contributed by atoms with van der Waals surface area (Å²) in [5, 5.41) is 0. The summed E-state index contributed by atoms with van der Waals surface area (Å²) in [7, 11) is 0. The molecule has 0 N–H and O–H groups in total. The molecule has 0 spiro atoms. The van der Waals surface area contributed by atoms with Crippen LogP contribution in [-0.2, 0) is 16.0 Å². The van der Waals surface area contributed by atoms with Crippen molar-refractivity contribution in [2.45, 2.75) is 26.7 Å². The number of carbonyl (C=O) groups excluding carboxylic acids is 2. The Balaban J connectivity index is 1.88. The third-order valence-electron chi connectivity index (χ3n) is 3.75. The summed E-state index contributed by atoms with van der Waals surface area (Å²) < 4.78 is 0. The Morgan fingerprint density at radius 2 is 1.56 bits per heavy atom. The summed E-state index contributed by atoms with van der Waals surface area (Å²) in [5.74, 6) is -0.343. The fourth-order valence-corrected chi connectivity index (χ4v) is 2.33. The summed E-state index contributed by atoms with van der Waals surface area (Å²) in [5.41, 5.74) is 1.25. The van der Waals surface area contributed by atoms with Crippen LogP contribution in [-0.4, -0.2) is 23.3 Å². The van der Waals surface area contributed by atoms with Crippen LogP contribution in [0.25, 0.3) is 0 Å². The van der Waals surface area contributed by atoms with Crippen LogP contribution < -0.4 is 0 Å². The van der Waals surface area contributed by atoms with Crippen molar-refractivity contribution in [2.75, 3.05) is 6.54 Å². The topological polar surface area (TPSA) is 37.4 Å². The zero-order valence-electron chi connectivity index (χ0n) is 10.9. The molecule has 0 aliphatic carbocycles. The third kappa shape index (κ3) is 2.45. The van der Waals surface area contributed by atoms with Gasteiger partial charge in [-0.15, -0.1) is 0 Å². The van der Waals surface area contributed by atoms with E-state index in [0.29, 0.717) is 6.54 Å². The fourth-order valence-electron chi connectivity index (χ4n) is 2.33. The SMILES string of the molecule is C[C@@H]1C(=O)N(CCCc2ccccc2)C(=O)[C@@H]1C. The highest BCUT2D eigenvalue weighted by Crippen LogP contribution is 2.25. The number of benzene rings is 1. The highest BCUT2D eigenvalue weighted by atomic mass is 16.2. The van der Waals surface area contributed by atoms with Crippen molar-refractivity contribution in [3.8, 4) is 0 Å². The van der Waals surface area contributed by atoms with Gasteiger partial charge in [0.2, 0.25) is 11.8 Å². The number of hydrogen-bond acceptors (Lipinski definition) is 2. The molecule has 1 aliphatic rings. The lowest BCUT2D eigenvalue weighted by Crippen LogP contribution is -2.32. The van der Waals surface area contributed by atoms with E-state index in [2.05, 4.69) is 12.1 Å². The van der Waals surface area contributed by atoms with Crippen molar-refractivity contribution in [3.63, 3.8) is 0 Å². The molecule has 1 saturated heterocycles. The molecular weight excluding hydrogens is 226 g/mol. The number of imide groups is 1. The summed E-state index contributed by atoms with van der Waals surface area (Å²) >= 11 is 0. The molecule has 3 nitrogen and oxygen atoms in total. The lowest BCUT2D eigenvalue weighted by molar-refractivity contribution is -0.139. The molecule has 2 amide bonds. The van der Waals surface area contributed by atoms with Crippen LogP contribution in [0.15, 0.2) is 30.3 Å². The number of likely N-dealkylation sites (tertiary alicyclic amines) is 1. The molecule has 2 rings (SSSR count). The van der Waals surface area contributed by atoms with Gasteiger partial charge in [-0.1, -0.05) is 44.2 Å². The summed E-state index contributed by atoms with van der Waals surface area (Å²) in [6, 6.07) is 10.1. The Morgan fingerprint density at radius 1 is 1.00 bits per heavy atom. The van der Waals surface area contributed by atoms with Gasteiger partial charge in [0.25, 0.3) is 0 Å². The molecule has 1 fully saturated rings. The minimum absolute atomic E-state index is 0.0134. The maximum absolute atomic E-state index is 11.9. The minimum Gasteiger partial charge on any atom is -0.282 e. The molecule has 0 radical (unpaired) electrons. The van der Waals surface area contributed by atoms with Crippen LogP contribution in [0.2, 0.25) is 0 Å². The van der Waals surface area contributed by atoms with Gasteiger partial charge in [-0.2, -0.15) is 0 Å². The van der Waals surface area contributed by atoms with Crippen molar-refractivity contribution >= 4 is 11.8 Å². The lowest BCUT2D eigenvalue weighted by Gasteiger charge is -2.14. The van der Waals surface area contributed by atoms with Gasteiger partial charge < -0.3 is 0 Å². The van der Waals surface area contributed by atoms with Crippen molar-refractivity contribution in [1.29, 1.82) is 0 Å². The van der Waals surface area contributed by atoms with Gasteiger partial charge in [-0.3, -0.25) is 14.5 Å². The lowest BCUT2D eigenvalue weighted by atomic mass is 10.00. The smallest absolute Gasteiger partial charge is 0.232 e. The van der Waals surface area contributed by atoms with E-state index in [-0.39, 0.29) is 23.7 Å². The molecule has 0 unspecified atom stereocenters. The largest absolute Gasteiger partial charge is 0.282 e. The maximum Gasteiger partial charge on any atom is 0.232 e. The first-order valence-electron chi connectivity index (χ1n) is 6.50. The molecule has 96 valence electrons. The first kappa shape index (κ1) is 12.8. The third-order valence-corrected chi connectivity index (χ3v) is 3.75. The molecule has 1 aromatic rings. The Labute approximate surface area is 108 Å². The molecule has 1 aliphatic heterocycles. The molecule has 1 heterocycles. The zero-order valence-corrected chi connectivity index (χ0v) is 10.9. The molecular formula is C15H19NO2. The van der Waals surface area contributed by atoms with Gasteiger partial charge in [0, 0.05) is 18.4 Å². The van der Waals surface area contributed by atoms with E-state index in [1.807, 2.05) is 32.0 Å². The van der Waals surface area contributed by atoms with Crippen molar-refractivity contribution in [1.82, 2.24) is 4.90 Å². The van der Waals surface area contributed by atoms with E-state index >= 15 is 0 Å². The zero-order chi connectivity index (χ0) is 13.1. The number of carbonyl (C=O) groups is 2. The van der Waals surface area contributed by atoms with Crippen LogP contribution in [0.5, 0.6) is 0 Å². The molecule has 2 atom stereocenters. The standard InChI is InChI=1S/C15H19NO2/c1-11-12(2)15(18)16(14(11)17)10-6-9-13-7-4-3-5-8-13/h3-5,7-8,11-12H,6,9-10H2,1-2H3/t11-,12+. The first-order chi connectivity index (χ1) is 8.61. The van der Waals surface area contributed by atoms with E-state index in [4.69, 9.17) is 0 Å². The van der Waals surface area contributed by atoms with Crippen LogP contribution >= 0.6 is 0 Å². The average molecular weight is 245 g/mol. The second-order valence-electron chi connectivity index (χ2n) is 4.99. The van der Waals surface area contributed by atoms with E-state index in [1.54, 1.807) is 0 Å². The van der Waals surface area contributed by atoms with E-state index in [9.17, 15) is 9.59 Å². The summed E-state index contributed by atoms with van der Waals surface area (Å²) in [4.78, 5) is 25.2. The molecule has 18 heavy (non-hydrogen) atoms. The van der Waals surface area contributed by atoms with Gasteiger partial charge in [0.05, 0.1) is 0 Å². The predicted octanol–water partition coefficient (Wildman–Crippen LogP) is 2.26. The quantitative estimate of drug-likeness (QED) is 0.763. The normalized spacial score (nSPS) is 23.8. The first-order valence-corrected chi connectivity index (χ1v) is 6.50. The van der Waals surface area contributed by atoms with Gasteiger partial charge in [0.1, 0.15) is 0 Å². The van der Waals surface area contributed by atoms with Gasteiger partial charge in [0.15, 0.2) is 0 Å². The number of amides is 2. The predicted molar refractivity (Wildman–Crippen MR) is 69.8 cm³/mol. The number of aryl methyl sites for hydroxylation is 1.